The summed E-state index contributed by atoms with van der Waals surface area (Å²) in [6.07, 6.45) is 0.909. The molecule has 0 atom stereocenters. The van der Waals surface area contributed by atoms with Crippen LogP contribution in [0.4, 0.5) is 0 Å². The number of hydrogen-bond donors (Lipinski definition) is 0. The van der Waals surface area contributed by atoms with Gasteiger partial charge >= 0.3 is 92.5 Å². The van der Waals surface area contributed by atoms with Crippen LogP contribution >= 0.6 is 0 Å². The molecule has 0 bridgehead atoms. The third-order valence-corrected chi connectivity index (χ3v) is 2.54. The van der Waals surface area contributed by atoms with Gasteiger partial charge in [-0.05, 0) is 0 Å². The molecular formula is C12H10AsN. The monoisotopic (exact) mass is 243 g/mol. The van der Waals surface area contributed by atoms with Gasteiger partial charge in [-0.25, -0.2) is 0 Å². The van der Waals surface area contributed by atoms with Crippen molar-refractivity contribution in [3.05, 3.63) is 59.8 Å². The number of aromatic nitrogens is 1. The molecule has 0 aliphatic heterocycles. The van der Waals surface area contributed by atoms with Crippen LogP contribution in [0.3, 0.4) is 0 Å². The summed E-state index contributed by atoms with van der Waals surface area (Å²) in [5.41, 5.74) is 2.42. The average Bonchev–Trinajstić information content (AvgIpc) is 2.19. The van der Waals surface area contributed by atoms with E-state index in [0.717, 1.165) is 16.6 Å². The molecule has 0 fully saturated rings. The first-order valence-electron chi connectivity index (χ1n) is 4.53. The van der Waals surface area contributed by atoms with Crippen molar-refractivity contribution in [3.63, 3.8) is 0 Å². The first kappa shape index (κ1) is 9.48. The molecule has 1 nitrogen and oxygen atoms in total. The summed E-state index contributed by atoms with van der Waals surface area (Å²) in [7, 11) is 0. The van der Waals surface area contributed by atoms with Gasteiger partial charge in [0.15, 0.2) is 0 Å². The van der Waals surface area contributed by atoms with Crippen LogP contribution in [0.1, 0.15) is 11.3 Å². The molecule has 1 aromatic carbocycles. The first-order chi connectivity index (χ1) is 6.84. The van der Waals surface area contributed by atoms with E-state index in [9.17, 15) is 0 Å². The molecule has 0 saturated carbocycles. The molecule has 1 aromatic heterocycles. The van der Waals surface area contributed by atoms with E-state index in [0.29, 0.717) is 0 Å². The van der Waals surface area contributed by atoms with Crippen molar-refractivity contribution in [2.45, 2.75) is 6.42 Å². The third kappa shape index (κ3) is 2.46. The van der Waals surface area contributed by atoms with Gasteiger partial charge in [0, 0.05) is 0 Å². The molecule has 2 radical (unpaired) electrons. The molecule has 0 aliphatic rings. The zero-order chi connectivity index (χ0) is 9.80. The van der Waals surface area contributed by atoms with Gasteiger partial charge in [0.2, 0.25) is 0 Å². The van der Waals surface area contributed by atoms with E-state index in [1.54, 1.807) is 0 Å². The zero-order valence-electron chi connectivity index (χ0n) is 7.72. The molecule has 1 heterocycles. The zero-order valence-corrected chi connectivity index (χ0v) is 9.60. The third-order valence-electron chi connectivity index (χ3n) is 2.02. The Labute approximate surface area is 92.7 Å². The Morgan fingerprint density at radius 3 is 2.43 bits per heavy atom. The van der Waals surface area contributed by atoms with Crippen molar-refractivity contribution in [2.75, 3.05) is 0 Å². The molecule has 14 heavy (non-hydrogen) atoms. The Morgan fingerprint density at radius 1 is 0.929 bits per heavy atom. The summed E-state index contributed by atoms with van der Waals surface area (Å²) in [5.74, 6) is 0. The number of pyridine rings is 1. The Balaban J connectivity index is 2.19. The van der Waals surface area contributed by atoms with Crippen LogP contribution in [-0.2, 0) is 6.42 Å². The van der Waals surface area contributed by atoms with Crippen LogP contribution in [0.2, 0.25) is 0 Å². The molecule has 0 saturated heterocycles. The topological polar surface area (TPSA) is 12.9 Å². The number of rotatable bonds is 2. The predicted octanol–water partition coefficient (Wildman–Crippen LogP) is 1.47. The molecular weight excluding hydrogens is 233 g/mol. The van der Waals surface area contributed by atoms with Gasteiger partial charge in [-0.3, -0.25) is 0 Å². The fraction of sp³-hybridized carbons (Fsp3) is 0.0833. The molecule has 0 unspecified atom stereocenters. The molecule has 0 amide bonds. The minimum atomic E-state index is 0.909. The molecule has 0 spiro atoms. The summed E-state index contributed by atoms with van der Waals surface area (Å²) >= 11 is 2.47. The Bertz CT molecular complexity index is 412. The van der Waals surface area contributed by atoms with E-state index >= 15 is 0 Å². The van der Waals surface area contributed by atoms with Crippen molar-refractivity contribution in [1.29, 1.82) is 0 Å². The summed E-state index contributed by atoms with van der Waals surface area (Å²) in [6, 6.07) is 16.5. The van der Waals surface area contributed by atoms with Gasteiger partial charge < -0.3 is 0 Å². The number of hydrogen-bond acceptors (Lipinski definition) is 1. The predicted molar refractivity (Wildman–Crippen MR) is 58.9 cm³/mol. The normalized spacial score (nSPS) is 10.1. The summed E-state index contributed by atoms with van der Waals surface area (Å²) in [4.78, 5) is 4.44. The van der Waals surface area contributed by atoms with E-state index in [-0.39, 0.29) is 0 Å². The van der Waals surface area contributed by atoms with Gasteiger partial charge in [0.25, 0.3) is 0 Å². The van der Waals surface area contributed by atoms with Gasteiger partial charge in [0.05, 0.1) is 0 Å². The summed E-state index contributed by atoms with van der Waals surface area (Å²) < 4.78 is 1.02. The minimum absolute atomic E-state index is 0.909. The second-order valence-corrected chi connectivity index (χ2v) is 4.11. The Morgan fingerprint density at radius 2 is 1.71 bits per heavy atom. The van der Waals surface area contributed by atoms with Crippen LogP contribution in [0.15, 0.2) is 48.5 Å². The fourth-order valence-electron chi connectivity index (χ4n) is 1.37. The van der Waals surface area contributed by atoms with Crippen molar-refractivity contribution in [1.82, 2.24) is 4.98 Å². The van der Waals surface area contributed by atoms with Crippen LogP contribution in [0.25, 0.3) is 0 Å². The fourth-order valence-corrected chi connectivity index (χ4v) is 1.82. The van der Waals surface area contributed by atoms with Crippen molar-refractivity contribution in [3.8, 4) is 0 Å². The van der Waals surface area contributed by atoms with Crippen molar-refractivity contribution in [2.24, 2.45) is 0 Å². The van der Waals surface area contributed by atoms with E-state index < -0.39 is 0 Å². The second-order valence-electron chi connectivity index (χ2n) is 3.15. The quantitative estimate of drug-likeness (QED) is 0.728. The van der Waals surface area contributed by atoms with Gasteiger partial charge in [-0.2, -0.15) is 0 Å². The number of nitrogens with zero attached hydrogens (tertiary/aromatic N) is 1. The van der Waals surface area contributed by atoms with Gasteiger partial charge in [0.1, 0.15) is 0 Å². The SMILES string of the molecule is [As]c1cccc(Cc2ccccc2)n1. The molecule has 2 aromatic rings. The number of benzene rings is 1. The van der Waals surface area contributed by atoms with E-state index in [4.69, 9.17) is 0 Å². The molecule has 68 valence electrons. The van der Waals surface area contributed by atoms with E-state index in [1.165, 1.54) is 5.56 Å². The van der Waals surface area contributed by atoms with Crippen molar-refractivity contribution >= 4 is 21.3 Å². The average molecular weight is 243 g/mol. The molecule has 2 heteroatoms. The van der Waals surface area contributed by atoms with Crippen LogP contribution in [0, 0.1) is 0 Å². The van der Waals surface area contributed by atoms with E-state index in [1.807, 2.05) is 18.2 Å². The molecule has 2 rings (SSSR count). The standard InChI is InChI=1S/C12H10AsN/c13-12-8-4-7-11(14-12)9-10-5-2-1-3-6-10/h1-8H,9H2. The maximum absolute atomic E-state index is 4.44. The second kappa shape index (κ2) is 4.43. The molecule has 0 N–H and O–H groups in total. The Kier molecular flexibility index (Phi) is 3.00. The van der Waals surface area contributed by atoms with Crippen LogP contribution < -0.4 is 4.48 Å². The maximum atomic E-state index is 4.44. The Hall–Kier alpha value is -1.07. The van der Waals surface area contributed by atoms with E-state index in [2.05, 4.69) is 52.2 Å². The van der Waals surface area contributed by atoms with Crippen molar-refractivity contribution < 1.29 is 0 Å². The summed E-state index contributed by atoms with van der Waals surface area (Å²) in [5, 5.41) is 0. The van der Waals surface area contributed by atoms with Gasteiger partial charge in [-0.1, -0.05) is 0 Å². The van der Waals surface area contributed by atoms with Crippen LogP contribution in [0.5, 0.6) is 0 Å². The molecule has 0 aliphatic carbocycles. The van der Waals surface area contributed by atoms with Crippen LogP contribution in [-0.4, -0.2) is 21.8 Å². The first-order valence-corrected chi connectivity index (χ1v) is 5.47. The van der Waals surface area contributed by atoms with Gasteiger partial charge in [-0.15, -0.1) is 0 Å². The summed E-state index contributed by atoms with van der Waals surface area (Å²) in [6.45, 7) is 0.